The van der Waals surface area contributed by atoms with E-state index in [0.29, 0.717) is 11.5 Å². The predicted octanol–water partition coefficient (Wildman–Crippen LogP) is 3.73. The minimum absolute atomic E-state index is 0.00984. The van der Waals surface area contributed by atoms with Crippen molar-refractivity contribution in [2.24, 2.45) is 0 Å². The third-order valence-electron chi connectivity index (χ3n) is 3.92. The van der Waals surface area contributed by atoms with E-state index in [9.17, 15) is 8.42 Å². The van der Waals surface area contributed by atoms with Crippen molar-refractivity contribution in [1.29, 1.82) is 0 Å². The molecule has 0 aliphatic rings. The standard InChI is InChI=1S/C19H15N3O4S/c23-27(24,17-8-6-16(7-9-17)18-20-10-12-25-18)22(19-21-11-13-26-19)14-15-4-2-1-3-5-15/h1-13H,14H2. The summed E-state index contributed by atoms with van der Waals surface area (Å²) in [7, 11) is -3.88. The zero-order valence-corrected chi connectivity index (χ0v) is 14.9. The molecule has 0 spiro atoms. The van der Waals surface area contributed by atoms with E-state index >= 15 is 0 Å². The molecule has 2 aromatic heterocycles. The van der Waals surface area contributed by atoms with Crippen LogP contribution in [0.1, 0.15) is 5.56 Å². The molecule has 0 unspecified atom stereocenters. The van der Waals surface area contributed by atoms with Crippen LogP contribution in [0, 0.1) is 0 Å². The van der Waals surface area contributed by atoms with Gasteiger partial charge < -0.3 is 8.83 Å². The van der Waals surface area contributed by atoms with Crippen LogP contribution in [-0.4, -0.2) is 18.4 Å². The highest BCUT2D eigenvalue weighted by Gasteiger charge is 2.28. The summed E-state index contributed by atoms with van der Waals surface area (Å²) in [5, 5.41) is 0. The van der Waals surface area contributed by atoms with Crippen LogP contribution in [0.4, 0.5) is 6.01 Å². The second-order valence-corrected chi connectivity index (χ2v) is 7.54. The third kappa shape index (κ3) is 3.47. The molecule has 0 saturated heterocycles. The Balaban J connectivity index is 1.70. The predicted molar refractivity (Wildman–Crippen MR) is 98.3 cm³/mol. The lowest BCUT2D eigenvalue weighted by atomic mass is 10.2. The largest absolute Gasteiger partial charge is 0.445 e. The zero-order valence-electron chi connectivity index (χ0n) is 14.1. The van der Waals surface area contributed by atoms with Gasteiger partial charge in [0, 0.05) is 5.56 Å². The monoisotopic (exact) mass is 381 g/mol. The van der Waals surface area contributed by atoms with Gasteiger partial charge in [0.1, 0.15) is 12.5 Å². The molecule has 0 bridgehead atoms. The molecular formula is C19H15N3O4S. The molecular weight excluding hydrogens is 366 g/mol. The van der Waals surface area contributed by atoms with Crippen molar-refractivity contribution in [2.45, 2.75) is 11.4 Å². The number of oxazole rings is 2. The summed E-state index contributed by atoms with van der Waals surface area (Å²) < 4.78 is 38.1. The number of hydrogen-bond acceptors (Lipinski definition) is 6. The Labute approximate surface area is 156 Å². The molecule has 27 heavy (non-hydrogen) atoms. The van der Waals surface area contributed by atoms with E-state index in [1.54, 1.807) is 12.1 Å². The van der Waals surface area contributed by atoms with Crippen LogP contribution in [-0.2, 0) is 16.6 Å². The molecule has 0 N–H and O–H groups in total. The van der Waals surface area contributed by atoms with Gasteiger partial charge in [-0.15, -0.1) is 0 Å². The molecule has 2 heterocycles. The Bertz CT molecular complexity index is 1090. The maximum atomic E-state index is 13.2. The molecule has 0 amide bonds. The smallest absolute Gasteiger partial charge is 0.311 e. The first-order valence-electron chi connectivity index (χ1n) is 8.11. The topological polar surface area (TPSA) is 89.4 Å². The fourth-order valence-electron chi connectivity index (χ4n) is 2.61. The van der Waals surface area contributed by atoms with Crippen molar-refractivity contribution in [3.63, 3.8) is 0 Å². The Morgan fingerprint density at radius 3 is 2.19 bits per heavy atom. The molecule has 0 atom stereocenters. The second kappa shape index (κ2) is 7.08. The van der Waals surface area contributed by atoms with E-state index in [1.807, 2.05) is 30.3 Å². The van der Waals surface area contributed by atoms with Crippen molar-refractivity contribution in [3.05, 3.63) is 85.1 Å². The highest BCUT2D eigenvalue weighted by atomic mass is 32.2. The molecule has 0 radical (unpaired) electrons. The number of aromatic nitrogens is 2. The Hall–Kier alpha value is -3.39. The highest BCUT2D eigenvalue weighted by molar-refractivity contribution is 7.92. The lowest BCUT2D eigenvalue weighted by Gasteiger charge is -2.20. The van der Waals surface area contributed by atoms with Crippen LogP contribution in [0.2, 0.25) is 0 Å². The average Bonchev–Trinajstić information content (AvgIpc) is 3.41. The minimum atomic E-state index is -3.88. The Kier molecular flexibility index (Phi) is 4.47. The van der Waals surface area contributed by atoms with Crippen LogP contribution in [0.15, 0.2) is 93.2 Å². The zero-order chi connectivity index (χ0) is 18.7. The molecule has 0 aliphatic carbocycles. The number of nitrogens with zero attached hydrogens (tertiary/aromatic N) is 3. The quantitative estimate of drug-likeness (QED) is 0.506. The summed E-state index contributed by atoms with van der Waals surface area (Å²) >= 11 is 0. The highest BCUT2D eigenvalue weighted by Crippen LogP contribution is 2.26. The lowest BCUT2D eigenvalue weighted by Crippen LogP contribution is -2.30. The molecule has 0 aliphatic heterocycles. The van der Waals surface area contributed by atoms with Crippen molar-refractivity contribution in [1.82, 2.24) is 9.97 Å². The first-order valence-corrected chi connectivity index (χ1v) is 9.55. The van der Waals surface area contributed by atoms with Gasteiger partial charge in [-0.05, 0) is 29.8 Å². The van der Waals surface area contributed by atoms with E-state index in [0.717, 1.165) is 9.87 Å². The summed E-state index contributed by atoms with van der Waals surface area (Å²) in [6.45, 7) is 0.102. The van der Waals surface area contributed by atoms with Crippen molar-refractivity contribution in [2.75, 3.05) is 4.31 Å². The second-order valence-electron chi connectivity index (χ2n) is 5.67. The first kappa shape index (κ1) is 17.0. The van der Waals surface area contributed by atoms with Gasteiger partial charge in [0.2, 0.25) is 5.89 Å². The maximum absolute atomic E-state index is 13.2. The fourth-order valence-corrected chi connectivity index (χ4v) is 3.96. The Morgan fingerprint density at radius 2 is 1.56 bits per heavy atom. The van der Waals surface area contributed by atoms with Gasteiger partial charge in [-0.1, -0.05) is 30.3 Å². The maximum Gasteiger partial charge on any atom is 0.311 e. The summed E-state index contributed by atoms with van der Waals surface area (Å²) in [6.07, 6.45) is 5.75. The van der Waals surface area contributed by atoms with Gasteiger partial charge in [0.05, 0.1) is 23.8 Å². The number of sulfonamides is 1. The molecule has 4 aromatic rings. The van der Waals surface area contributed by atoms with Crippen LogP contribution >= 0.6 is 0 Å². The molecule has 8 heteroatoms. The minimum Gasteiger partial charge on any atom is -0.445 e. The van der Waals surface area contributed by atoms with Gasteiger partial charge >= 0.3 is 6.01 Å². The summed E-state index contributed by atoms with van der Waals surface area (Å²) in [6, 6.07) is 15.6. The van der Waals surface area contributed by atoms with Gasteiger partial charge in [-0.25, -0.2) is 22.7 Å². The number of benzene rings is 2. The fraction of sp³-hybridized carbons (Fsp3) is 0.0526. The van der Waals surface area contributed by atoms with Crippen LogP contribution in [0.5, 0.6) is 0 Å². The summed E-state index contributed by atoms with van der Waals surface area (Å²) in [5.74, 6) is 0.424. The van der Waals surface area contributed by atoms with Crippen LogP contribution in [0.25, 0.3) is 11.5 Å². The van der Waals surface area contributed by atoms with Crippen LogP contribution in [0.3, 0.4) is 0 Å². The normalized spacial score (nSPS) is 11.4. The van der Waals surface area contributed by atoms with Crippen molar-refractivity contribution >= 4 is 16.0 Å². The van der Waals surface area contributed by atoms with E-state index in [-0.39, 0.29) is 17.5 Å². The number of rotatable bonds is 6. The Morgan fingerprint density at radius 1 is 0.852 bits per heavy atom. The molecule has 2 aromatic carbocycles. The number of hydrogen-bond donors (Lipinski definition) is 0. The molecule has 136 valence electrons. The van der Waals surface area contributed by atoms with Gasteiger partial charge in [-0.3, -0.25) is 0 Å². The van der Waals surface area contributed by atoms with E-state index in [2.05, 4.69) is 9.97 Å². The van der Waals surface area contributed by atoms with Gasteiger partial charge in [0.25, 0.3) is 10.0 Å². The molecule has 0 saturated carbocycles. The average molecular weight is 381 g/mol. The number of anilines is 1. The lowest BCUT2D eigenvalue weighted by molar-refractivity contribution is 0.542. The summed E-state index contributed by atoms with van der Waals surface area (Å²) in [5.41, 5.74) is 1.50. The third-order valence-corrected chi connectivity index (χ3v) is 5.66. The van der Waals surface area contributed by atoms with Crippen molar-refractivity contribution in [3.8, 4) is 11.5 Å². The first-order chi connectivity index (χ1) is 13.1. The van der Waals surface area contributed by atoms with E-state index < -0.39 is 10.0 Å². The molecule has 4 rings (SSSR count). The van der Waals surface area contributed by atoms with E-state index in [4.69, 9.17) is 8.83 Å². The molecule has 7 nitrogen and oxygen atoms in total. The molecule has 0 fully saturated rings. The van der Waals surface area contributed by atoms with Gasteiger partial charge in [0.15, 0.2) is 0 Å². The van der Waals surface area contributed by atoms with Crippen LogP contribution < -0.4 is 4.31 Å². The van der Waals surface area contributed by atoms with E-state index in [1.165, 1.54) is 37.1 Å². The van der Waals surface area contributed by atoms with Crippen molar-refractivity contribution < 1.29 is 17.3 Å². The van der Waals surface area contributed by atoms with Gasteiger partial charge in [-0.2, -0.15) is 0 Å². The summed E-state index contributed by atoms with van der Waals surface area (Å²) in [4.78, 5) is 8.19. The SMILES string of the molecule is O=S(=O)(c1ccc(-c2ncco2)cc1)N(Cc1ccccc1)c1ncco1.